The number of aryl methyl sites for hydroxylation is 1. The molecule has 2 aromatic rings. The highest BCUT2D eigenvalue weighted by Crippen LogP contribution is 2.26. The summed E-state index contributed by atoms with van der Waals surface area (Å²) in [5.74, 6) is 0.796. The Morgan fingerprint density at radius 1 is 1.20 bits per heavy atom. The highest BCUT2D eigenvalue weighted by Gasteiger charge is 2.24. The van der Waals surface area contributed by atoms with E-state index in [4.69, 9.17) is 4.74 Å². The average Bonchev–Trinajstić information content (AvgIpc) is 3.09. The van der Waals surface area contributed by atoms with Crippen LogP contribution in [0.2, 0.25) is 0 Å². The molecule has 4 heteroatoms. The lowest BCUT2D eigenvalue weighted by Gasteiger charge is -2.25. The predicted octanol–water partition coefficient (Wildman–Crippen LogP) is 3.57. The van der Waals surface area contributed by atoms with Gasteiger partial charge in [-0.25, -0.2) is 0 Å². The number of hydrogen-bond donors (Lipinski definition) is 1. The number of rotatable bonds is 8. The number of hydrogen-bond acceptors (Lipinski definition) is 4. The molecule has 0 aliphatic carbocycles. The first-order valence-corrected chi connectivity index (χ1v) is 9.28. The van der Waals surface area contributed by atoms with Crippen molar-refractivity contribution in [2.75, 3.05) is 13.2 Å². The van der Waals surface area contributed by atoms with Gasteiger partial charge in [0.05, 0.1) is 13.2 Å². The molecule has 4 nitrogen and oxygen atoms in total. The van der Waals surface area contributed by atoms with Crippen molar-refractivity contribution in [3.8, 4) is 5.75 Å². The zero-order valence-corrected chi connectivity index (χ0v) is 15.0. The van der Waals surface area contributed by atoms with Crippen LogP contribution in [0.3, 0.4) is 0 Å². The van der Waals surface area contributed by atoms with Gasteiger partial charge >= 0.3 is 0 Å². The minimum absolute atomic E-state index is 0.0225. The monoisotopic (exact) mass is 340 g/mol. The number of nitrogens with zero attached hydrogens (tertiary/aromatic N) is 2. The van der Waals surface area contributed by atoms with Crippen LogP contribution in [0.4, 0.5) is 0 Å². The molecule has 0 spiro atoms. The van der Waals surface area contributed by atoms with Crippen LogP contribution < -0.4 is 4.74 Å². The van der Waals surface area contributed by atoms with Crippen LogP contribution in [-0.4, -0.2) is 34.2 Å². The first-order valence-electron chi connectivity index (χ1n) is 9.28. The lowest BCUT2D eigenvalue weighted by atomic mass is 10.0. The quantitative estimate of drug-likeness (QED) is 0.798. The molecule has 134 valence electrons. The number of benzene rings is 1. The van der Waals surface area contributed by atoms with Gasteiger partial charge in [-0.1, -0.05) is 6.07 Å². The van der Waals surface area contributed by atoms with Crippen molar-refractivity contribution < 1.29 is 9.84 Å². The topological polar surface area (TPSA) is 45.6 Å². The molecule has 1 aromatic heterocycles. The fraction of sp³-hybridized carbons (Fsp3) is 0.476. The Morgan fingerprint density at radius 3 is 2.80 bits per heavy atom. The van der Waals surface area contributed by atoms with E-state index in [-0.39, 0.29) is 6.61 Å². The molecule has 2 heterocycles. The van der Waals surface area contributed by atoms with E-state index < -0.39 is 0 Å². The lowest BCUT2D eigenvalue weighted by Crippen LogP contribution is -2.29. The van der Waals surface area contributed by atoms with E-state index in [0.29, 0.717) is 12.6 Å². The summed E-state index contributed by atoms with van der Waals surface area (Å²) in [4.78, 5) is 6.67. The Kier molecular flexibility index (Phi) is 6.42. The van der Waals surface area contributed by atoms with Gasteiger partial charge in [-0.15, -0.1) is 0 Å². The number of aliphatic hydroxyl groups is 1. The maximum Gasteiger partial charge on any atom is 0.124 e. The van der Waals surface area contributed by atoms with Gasteiger partial charge in [-0.2, -0.15) is 0 Å². The van der Waals surface area contributed by atoms with Crippen molar-refractivity contribution in [2.24, 2.45) is 0 Å². The molecule has 0 radical (unpaired) electrons. The molecule has 1 fully saturated rings. The van der Waals surface area contributed by atoms with E-state index in [0.717, 1.165) is 30.8 Å². The van der Waals surface area contributed by atoms with Crippen LogP contribution in [0.25, 0.3) is 0 Å². The second-order valence-electron chi connectivity index (χ2n) is 6.69. The molecule has 1 atom stereocenters. The Hall–Kier alpha value is -1.91. The van der Waals surface area contributed by atoms with E-state index >= 15 is 0 Å². The van der Waals surface area contributed by atoms with Gasteiger partial charge in [-0.3, -0.25) is 9.88 Å². The SMILES string of the molecule is CCOc1ccc(CN2CCCC2CCc2ccncc2)cc1CO. The Morgan fingerprint density at radius 2 is 2.04 bits per heavy atom. The van der Waals surface area contributed by atoms with Crippen LogP contribution in [-0.2, 0) is 19.6 Å². The van der Waals surface area contributed by atoms with Crippen LogP contribution in [0.15, 0.2) is 42.7 Å². The number of ether oxygens (including phenoxy) is 1. The van der Waals surface area contributed by atoms with Gasteiger partial charge < -0.3 is 9.84 Å². The summed E-state index contributed by atoms with van der Waals surface area (Å²) in [5.41, 5.74) is 3.50. The van der Waals surface area contributed by atoms with E-state index in [2.05, 4.69) is 34.1 Å². The Labute approximate surface area is 150 Å². The Balaban J connectivity index is 1.61. The molecule has 1 N–H and O–H groups in total. The smallest absolute Gasteiger partial charge is 0.124 e. The summed E-state index contributed by atoms with van der Waals surface area (Å²) in [5, 5.41) is 9.59. The zero-order valence-electron chi connectivity index (χ0n) is 15.0. The molecule has 3 rings (SSSR count). The fourth-order valence-corrected chi connectivity index (χ4v) is 3.70. The molecular weight excluding hydrogens is 312 g/mol. The molecule has 1 aliphatic rings. The maximum absolute atomic E-state index is 9.59. The van der Waals surface area contributed by atoms with Gasteiger partial charge in [-0.05, 0) is 74.5 Å². The van der Waals surface area contributed by atoms with Crippen molar-refractivity contribution in [2.45, 2.75) is 51.8 Å². The molecule has 25 heavy (non-hydrogen) atoms. The average molecular weight is 340 g/mol. The third kappa shape index (κ3) is 4.80. The highest BCUT2D eigenvalue weighted by molar-refractivity contribution is 5.37. The zero-order chi connectivity index (χ0) is 17.5. The Bertz CT molecular complexity index is 660. The van der Waals surface area contributed by atoms with Crippen molar-refractivity contribution in [3.05, 3.63) is 59.4 Å². The first kappa shape index (κ1) is 17.9. The van der Waals surface area contributed by atoms with E-state index in [9.17, 15) is 5.11 Å². The summed E-state index contributed by atoms with van der Waals surface area (Å²) in [6.07, 6.45) is 8.58. The van der Waals surface area contributed by atoms with Gasteiger partial charge in [0.25, 0.3) is 0 Å². The van der Waals surface area contributed by atoms with Crippen LogP contribution in [0, 0.1) is 0 Å². The normalized spacial score (nSPS) is 17.8. The van der Waals surface area contributed by atoms with Crippen molar-refractivity contribution in [1.82, 2.24) is 9.88 Å². The van der Waals surface area contributed by atoms with Crippen molar-refractivity contribution in [3.63, 3.8) is 0 Å². The van der Waals surface area contributed by atoms with Gasteiger partial charge in [0.15, 0.2) is 0 Å². The number of pyridine rings is 1. The number of likely N-dealkylation sites (tertiary alicyclic amines) is 1. The number of aromatic nitrogens is 1. The minimum atomic E-state index is 0.0225. The maximum atomic E-state index is 9.59. The summed E-state index contributed by atoms with van der Waals surface area (Å²) in [6, 6.07) is 11.1. The van der Waals surface area contributed by atoms with Gasteiger partial charge in [0.1, 0.15) is 5.75 Å². The van der Waals surface area contributed by atoms with Gasteiger partial charge in [0.2, 0.25) is 0 Å². The largest absolute Gasteiger partial charge is 0.494 e. The van der Waals surface area contributed by atoms with E-state index in [1.54, 1.807) is 0 Å². The molecule has 1 saturated heterocycles. The fourth-order valence-electron chi connectivity index (χ4n) is 3.70. The minimum Gasteiger partial charge on any atom is -0.494 e. The standard InChI is InChI=1S/C21H28N2O2/c1-2-25-21-8-6-18(14-19(21)16-24)15-23-13-3-4-20(23)7-5-17-9-11-22-12-10-17/h6,8-12,14,20,24H,2-5,7,13,15-16H2,1H3. The molecule has 0 saturated carbocycles. The molecular formula is C21H28N2O2. The van der Waals surface area contributed by atoms with Crippen molar-refractivity contribution in [1.29, 1.82) is 0 Å². The third-order valence-corrected chi connectivity index (χ3v) is 5.00. The summed E-state index contributed by atoms with van der Waals surface area (Å²) >= 11 is 0. The first-order chi connectivity index (χ1) is 12.3. The molecule has 1 aromatic carbocycles. The lowest BCUT2D eigenvalue weighted by molar-refractivity contribution is 0.233. The molecule has 1 unspecified atom stereocenters. The van der Waals surface area contributed by atoms with Crippen LogP contribution in [0.5, 0.6) is 5.75 Å². The van der Waals surface area contributed by atoms with E-state index in [1.165, 1.54) is 30.4 Å². The van der Waals surface area contributed by atoms with Crippen LogP contribution >= 0.6 is 0 Å². The predicted molar refractivity (Wildman–Crippen MR) is 99.5 cm³/mol. The molecule has 0 bridgehead atoms. The summed E-state index contributed by atoms with van der Waals surface area (Å²) < 4.78 is 5.58. The van der Waals surface area contributed by atoms with Crippen molar-refractivity contribution >= 4 is 0 Å². The summed E-state index contributed by atoms with van der Waals surface area (Å²) in [6.45, 7) is 4.71. The highest BCUT2D eigenvalue weighted by atomic mass is 16.5. The van der Waals surface area contributed by atoms with E-state index in [1.807, 2.05) is 25.4 Å². The summed E-state index contributed by atoms with van der Waals surface area (Å²) in [7, 11) is 0. The van der Waals surface area contributed by atoms with Gasteiger partial charge in [0, 0.05) is 30.5 Å². The second kappa shape index (κ2) is 8.97. The molecule has 0 amide bonds. The number of aliphatic hydroxyl groups excluding tert-OH is 1. The molecule has 1 aliphatic heterocycles. The third-order valence-electron chi connectivity index (χ3n) is 5.00. The second-order valence-corrected chi connectivity index (χ2v) is 6.69. The van der Waals surface area contributed by atoms with Crippen LogP contribution in [0.1, 0.15) is 42.9 Å².